The molecule has 0 saturated carbocycles. The molecule has 0 heterocycles. The Morgan fingerprint density at radius 1 is 0.818 bits per heavy atom. The Morgan fingerprint density at radius 2 is 1.48 bits per heavy atom. The van der Waals surface area contributed by atoms with E-state index in [2.05, 4.69) is 0 Å². The Labute approximate surface area is 192 Å². The molecule has 0 fully saturated rings. The fourth-order valence-electron chi connectivity index (χ4n) is 3.66. The first-order chi connectivity index (χ1) is 15.8. The first-order valence-corrected chi connectivity index (χ1v) is 10.8. The number of alkyl halides is 3. The SMILES string of the molecule is COC(=O)C(CC(C)C)c1cc(Oc2ccccc2)cc(-c2ccc(C(F)C(F)F)cc2)c1. The predicted octanol–water partition coefficient (Wildman–Crippen LogP) is 7.72. The van der Waals surface area contributed by atoms with E-state index in [9.17, 15) is 18.0 Å². The zero-order valence-corrected chi connectivity index (χ0v) is 18.8. The average Bonchev–Trinajstić information content (AvgIpc) is 2.82. The van der Waals surface area contributed by atoms with Gasteiger partial charge in [0.25, 0.3) is 6.43 Å². The predicted molar refractivity (Wildman–Crippen MR) is 122 cm³/mol. The molecule has 0 aliphatic heterocycles. The normalized spacial score (nSPS) is 13.1. The molecule has 0 aromatic heterocycles. The van der Waals surface area contributed by atoms with Crippen molar-refractivity contribution in [3.63, 3.8) is 0 Å². The van der Waals surface area contributed by atoms with Crippen molar-refractivity contribution < 1.29 is 27.4 Å². The molecule has 0 saturated heterocycles. The summed E-state index contributed by atoms with van der Waals surface area (Å²) in [6, 6.07) is 20.6. The van der Waals surface area contributed by atoms with Crippen LogP contribution in [-0.2, 0) is 9.53 Å². The summed E-state index contributed by atoms with van der Waals surface area (Å²) in [7, 11) is 1.36. The van der Waals surface area contributed by atoms with E-state index < -0.39 is 18.5 Å². The molecule has 6 heteroatoms. The molecule has 0 N–H and O–H groups in total. The summed E-state index contributed by atoms with van der Waals surface area (Å²) >= 11 is 0. The molecule has 0 spiro atoms. The van der Waals surface area contributed by atoms with E-state index in [1.54, 1.807) is 18.2 Å². The van der Waals surface area contributed by atoms with Crippen LogP contribution in [0.4, 0.5) is 13.2 Å². The van der Waals surface area contributed by atoms with Crippen molar-refractivity contribution in [1.82, 2.24) is 0 Å². The number of ether oxygens (including phenoxy) is 2. The zero-order chi connectivity index (χ0) is 24.0. The Hall–Kier alpha value is -3.28. The minimum Gasteiger partial charge on any atom is -0.469 e. The molecule has 0 amide bonds. The zero-order valence-electron chi connectivity index (χ0n) is 18.8. The van der Waals surface area contributed by atoms with Gasteiger partial charge in [0.2, 0.25) is 0 Å². The molecule has 0 aliphatic rings. The van der Waals surface area contributed by atoms with Gasteiger partial charge in [-0.1, -0.05) is 62.4 Å². The van der Waals surface area contributed by atoms with Crippen molar-refractivity contribution in [3.8, 4) is 22.6 Å². The molecule has 3 rings (SSSR count). The fourth-order valence-corrected chi connectivity index (χ4v) is 3.66. The highest BCUT2D eigenvalue weighted by atomic mass is 19.3. The molecule has 3 aromatic carbocycles. The molecule has 0 bridgehead atoms. The van der Waals surface area contributed by atoms with Crippen molar-refractivity contribution in [2.45, 2.75) is 38.8 Å². The van der Waals surface area contributed by atoms with Gasteiger partial charge in [-0.3, -0.25) is 4.79 Å². The fraction of sp³-hybridized carbons (Fsp3) is 0.296. The van der Waals surface area contributed by atoms with E-state index in [0.717, 1.165) is 11.1 Å². The quantitative estimate of drug-likeness (QED) is 0.309. The van der Waals surface area contributed by atoms with E-state index in [0.29, 0.717) is 23.5 Å². The summed E-state index contributed by atoms with van der Waals surface area (Å²) in [5.41, 5.74) is 2.04. The van der Waals surface area contributed by atoms with Crippen molar-refractivity contribution in [1.29, 1.82) is 0 Å². The minimum absolute atomic E-state index is 0.0853. The lowest BCUT2D eigenvalue weighted by Crippen LogP contribution is -2.16. The van der Waals surface area contributed by atoms with Gasteiger partial charge in [0, 0.05) is 0 Å². The van der Waals surface area contributed by atoms with E-state index in [1.807, 2.05) is 56.3 Å². The van der Waals surface area contributed by atoms with Gasteiger partial charge in [0.1, 0.15) is 11.5 Å². The Morgan fingerprint density at radius 3 is 2.06 bits per heavy atom. The van der Waals surface area contributed by atoms with Gasteiger partial charge >= 0.3 is 5.97 Å². The number of para-hydroxylation sites is 1. The lowest BCUT2D eigenvalue weighted by atomic mass is 9.88. The standard InChI is InChI=1S/C27H27F3O3/c1-17(2)13-24(27(31)32-3)21-14-20(15-23(16-21)33-22-7-5-4-6-8-22)18-9-11-19(12-10-18)25(28)26(29)30/h4-12,14-17,24-26H,13H2,1-3H3. The van der Waals surface area contributed by atoms with Crippen LogP contribution in [0.25, 0.3) is 11.1 Å². The maximum atomic E-state index is 13.7. The first-order valence-electron chi connectivity index (χ1n) is 10.8. The topological polar surface area (TPSA) is 35.5 Å². The highest BCUT2D eigenvalue weighted by molar-refractivity contribution is 5.79. The molecular weight excluding hydrogens is 429 g/mol. The number of methoxy groups -OCH3 is 1. The number of rotatable bonds is 9. The third-order valence-corrected chi connectivity index (χ3v) is 5.29. The van der Waals surface area contributed by atoms with Crippen molar-refractivity contribution >= 4 is 5.97 Å². The first kappa shape index (κ1) is 24.4. The van der Waals surface area contributed by atoms with Crippen LogP contribution in [0.3, 0.4) is 0 Å². The molecule has 2 unspecified atom stereocenters. The molecule has 0 radical (unpaired) electrons. The second-order valence-corrected chi connectivity index (χ2v) is 8.27. The summed E-state index contributed by atoms with van der Waals surface area (Å²) in [5, 5.41) is 0. The van der Waals surface area contributed by atoms with Gasteiger partial charge in [-0.2, -0.15) is 0 Å². The Balaban J connectivity index is 2.05. The highest BCUT2D eigenvalue weighted by Gasteiger charge is 2.25. The van der Waals surface area contributed by atoms with Gasteiger partial charge in [-0.15, -0.1) is 0 Å². The van der Waals surface area contributed by atoms with Crippen LogP contribution in [0, 0.1) is 5.92 Å². The summed E-state index contributed by atoms with van der Waals surface area (Å²) in [6.45, 7) is 4.05. The summed E-state index contributed by atoms with van der Waals surface area (Å²) < 4.78 is 50.2. The van der Waals surface area contributed by atoms with Crippen LogP contribution in [0.2, 0.25) is 0 Å². The monoisotopic (exact) mass is 456 g/mol. The summed E-state index contributed by atoms with van der Waals surface area (Å²) in [6.07, 6.45) is -4.84. The van der Waals surface area contributed by atoms with Crippen LogP contribution in [-0.4, -0.2) is 19.5 Å². The maximum Gasteiger partial charge on any atom is 0.313 e. The smallest absolute Gasteiger partial charge is 0.313 e. The van der Waals surface area contributed by atoms with E-state index in [1.165, 1.54) is 19.2 Å². The van der Waals surface area contributed by atoms with E-state index in [4.69, 9.17) is 9.47 Å². The molecule has 0 aliphatic carbocycles. The van der Waals surface area contributed by atoms with E-state index in [-0.39, 0.29) is 17.5 Å². The average molecular weight is 457 g/mol. The molecule has 174 valence electrons. The molecular formula is C27H27F3O3. The summed E-state index contributed by atoms with van der Waals surface area (Å²) in [4.78, 5) is 12.6. The Kier molecular flexibility index (Phi) is 8.15. The summed E-state index contributed by atoms with van der Waals surface area (Å²) in [5.74, 6) is 0.546. The van der Waals surface area contributed by atoms with Crippen molar-refractivity contribution in [2.75, 3.05) is 7.11 Å². The Bertz CT molecular complexity index is 1050. The molecule has 3 nitrogen and oxygen atoms in total. The number of carbonyl (C=O) groups is 1. The van der Waals surface area contributed by atoms with Crippen molar-refractivity contribution in [3.05, 3.63) is 83.9 Å². The van der Waals surface area contributed by atoms with Gasteiger partial charge in [-0.05, 0) is 58.9 Å². The molecule has 2 atom stereocenters. The van der Waals surface area contributed by atoms with Gasteiger partial charge in [0.15, 0.2) is 6.17 Å². The number of esters is 1. The number of halogens is 3. The van der Waals surface area contributed by atoms with Crippen LogP contribution < -0.4 is 4.74 Å². The number of carbonyl (C=O) groups excluding carboxylic acids is 1. The molecule has 33 heavy (non-hydrogen) atoms. The lowest BCUT2D eigenvalue weighted by molar-refractivity contribution is -0.142. The number of hydrogen-bond acceptors (Lipinski definition) is 3. The maximum absolute atomic E-state index is 13.7. The highest BCUT2D eigenvalue weighted by Crippen LogP contribution is 2.35. The largest absolute Gasteiger partial charge is 0.469 e. The third-order valence-electron chi connectivity index (χ3n) is 5.29. The number of benzene rings is 3. The van der Waals surface area contributed by atoms with Gasteiger partial charge in [-0.25, -0.2) is 13.2 Å². The van der Waals surface area contributed by atoms with Crippen LogP contribution in [0.15, 0.2) is 72.8 Å². The number of hydrogen-bond donors (Lipinski definition) is 0. The van der Waals surface area contributed by atoms with Crippen molar-refractivity contribution in [2.24, 2.45) is 5.92 Å². The molecule has 3 aromatic rings. The second-order valence-electron chi connectivity index (χ2n) is 8.27. The van der Waals surface area contributed by atoms with Crippen LogP contribution in [0.5, 0.6) is 11.5 Å². The van der Waals surface area contributed by atoms with Gasteiger partial charge < -0.3 is 9.47 Å². The second kappa shape index (κ2) is 11.0. The lowest BCUT2D eigenvalue weighted by Gasteiger charge is -2.19. The minimum atomic E-state index is -3.08. The van der Waals surface area contributed by atoms with E-state index >= 15 is 0 Å². The van der Waals surface area contributed by atoms with Crippen LogP contribution >= 0.6 is 0 Å². The van der Waals surface area contributed by atoms with Crippen LogP contribution in [0.1, 0.15) is 43.5 Å². The van der Waals surface area contributed by atoms with Gasteiger partial charge in [0.05, 0.1) is 13.0 Å². The third kappa shape index (κ3) is 6.37.